The molecule has 6 nitrogen and oxygen atoms in total. The number of fused-ring (bicyclic) bond motifs is 3. The van der Waals surface area contributed by atoms with Gasteiger partial charge in [0.15, 0.2) is 0 Å². The standard InChI is InChI=1S/C16H21N3O3/c1-17(2)16(20)13-10-11-9-12(19(21)22)6-7-14(11)18-8-4-3-5-15(13)18/h6-7,9,13,15H,3-5,8,10H2,1-2H3/t13-,15+/m0/s1. The van der Waals surface area contributed by atoms with Crippen molar-refractivity contribution in [3.63, 3.8) is 0 Å². The highest BCUT2D eigenvalue weighted by molar-refractivity contribution is 5.82. The quantitative estimate of drug-likeness (QED) is 0.620. The zero-order valence-corrected chi connectivity index (χ0v) is 13.0. The Kier molecular flexibility index (Phi) is 3.76. The number of rotatable bonds is 2. The molecule has 0 aromatic heterocycles. The Bertz CT molecular complexity index is 615. The smallest absolute Gasteiger partial charge is 0.269 e. The van der Waals surface area contributed by atoms with E-state index < -0.39 is 0 Å². The van der Waals surface area contributed by atoms with Gasteiger partial charge in [0.2, 0.25) is 5.91 Å². The zero-order chi connectivity index (χ0) is 15.9. The lowest BCUT2D eigenvalue weighted by Crippen LogP contribution is -2.52. The van der Waals surface area contributed by atoms with Gasteiger partial charge in [0.05, 0.1) is 10.8 Å². The van der Waals surface area contributed by atoms with Crippen molar-refractivity contribution in [2.24, 2.45) is 5.92 Å². The summed E-state index contributed by atoms with van der Waals surface area (Å²) in [6, 6.07) is 5.27. The number of anilines is 1. The van der Waals surface area contributed by atoms with Crippen molar-refractivity contribution in [3.05, 3.63) is 33.9 Å². The van der Waals surface area contributed by atoms with Crippen LogP contribution in [0.5, 0.6) is 0 Å². The third kappa shape index (κ3) is 2.42. The second-order valence-electron chi connectivity index (χ2n) is 6.37. The maximum Gasteiger partial charge on any atom is 0.269 e. The van der Waals surface area contributed by atoms with Crippen LogP contribution < -0.4 is 4.90 Å². The summed E-state index contributed by atoms with van der Waals surface area (Å²) >= 11 is 0. The normalized spacial score (nSPS) is 23.5. The van der Waals surface area contributed by atoms with Crippen LogP contribution in [-0.2, 0) is 11.2 Å². The second-order valence-corrected chi connectivity index (χ2v) is 6.37. The summed E-state index contributed by atoms with van der Waals surface area (Å²) in [4.78, 5) is 27.1. The molecular formula is C16H21N3O3. The molecule has 0 bridgehead atoms. The van der Waals surface area contributed by atoms with Crippen molar-refractivity contribution >= 4 is 17.3 Å². The Morgan fingerprint density at radius 3 is 2.82 bits per heavy atom. The van der Waals surface area contributed by atoms with Crippen LogP contribution in [0.15, 0.2) is 18.2 Å². The SMILES string of the molecule is CN(C)C(=O)[C@H]1Cc2cc([N+](=O)[O-])ccc2N2CCCC[C@H]12. The van der Waals surface area contributed by atoms with Crippen LogP contribution in [0.2, 0.25) is 0 Å². The topological polar surface area (TPSA) is 66.7 Å². The molecule has 1 amide bonds. The van der Waals surface area contributed by atoms with E-state index in [2.05, 4.69) is 4.90 Å². The molecule has 1 saturated heterocycles. The highest BCUT2D eigenvalue weighted by Gasteiger charge is 2.40. The zero-order valence-electron chi connectivity index (χ0n) is 13.0. The van der Waals surface area contributed by atoms with E-state index in [1.54, 1.807) is 31.1 Å². The number of nitro benzene ring substituents is 1. The monoisotopic (exact) mass is 303 g/mol. The molecule has 0 unspecified atom stereocenters. The van der Waals surface area contributed by atoms with Gasteiger partial charge in [0.25, 0.3) is 5.69 Å². The molecule has 3 rings (SSSR count). The first-order valence-corrected chi connectivity index (χ1v) is 7.74. The van der Waals surface area contributed by atoms with Crippen LogP contribution in [-0.4, -0.2) is 42.4 Å². The Morgan fingerprint density at radius 2 is 2.14 bits per heavy atom. The van der Waals surface area contributed by atoms with E-state index in [0.29, 0.717) is 6.42 Å². The summed E-state index contributed by atoms with van der Waals surface area (Å²) in [5, 5.41) is 11.0. The van der Waals surface area contributed by atoms with Gasteiger partial charge in [-0.15, -0.1) is 0 Å². The number of hydrogen-bond donors (Lipinski definition) is 0. The van der Waals surface area contributed by atoms with Gasteiger partial charge in [0, 0.05) is 44.5 Å². The van der Waals surface area contributed by atoms with Crippen LogP contribution >= 0.6 is 0 Å². The molecular weight excluding hydrogens is 282 g/mol. The number of hydrogen-bond acceptors (Lipinski definition) is 4. The molecule has 1 fully saturated rings. The van der Waals surface area contributed by atoms with Crippen LogP contribution in [0.25, 0.3) is 0 Å². The van der Waals surface area contributed by atoms with Gasteiger partial charge in [-0.25, -0.2) is 0 Å². The fourth-order valence-corrected chi connectivity index (χ4v) is 3.76. The molecule has 1 aromatic carbocycles. The maximum atomic E-state index is 12.5. The summed E-state index contributed by atoms with van der Waals surface area (Å²) in [5.74, 6) is 0.0128. The lowest BCUT2D eigenvalue weighted by Gasteiger charge is -2.46. The highest BCUT2D eigenvalue weighted by Crippen LogP contribution is 2.40. The van der Waals surface area contributed by atoms with Gasteiger partial charge in [-0.05, 0) is 37.3 Å². The van der Waals surface area contributed by atoms with Gasteiger partial charge < -0.3 is 9.80 Å². The molecule has 0 radical (unpaired) electrons. The summed E-state index contributed by atoms with van der Waals surface area (Å²) in [6.45, 7) is 0.923. The Morgan fingerprint density at radius 1 is 1.36 bits per heavy atom. The third-order valence-corrected chi connectivity index (χ3v) is 4.79. The highest BCUT2D eigenvalue weighted by atomic mass is 16.6. The van der Waals surface area contributed by atoms with Gasteiger partial charge in [-0.2, -0.15) is 0 Å². The van der Waals surface area contributed by atoms with Crippen LogP contribution in [0.4, 0.5) is 11.4 Å². The predicted molar refractivity (Wildman–Crippen MR) is 84.0 cm³/mol. The Labute approximate surface area is 129 Å². The Hall–Kier alpha value is -2.11. The lowest BCUT2D eigenvalue weighted by atomic mass is 9.80. The molecule has 1 aromatic rings. The minimum absolute atomic E-state index is 0.102. The first-order valence-electron chi connectivity index (χ1n) is 7.74. The first kappa shape index (κ1) is 14.8. The fourth-order valence-electron chi connectivity index (χ4n) is 3.76. The minimum Gasteiger partial charge on any atom is -0.368 e. The molecule has 2 heterocycles. The number of carbonyl (C=O) groups is 1. The van der Waals surface area contributed by atoms with E-state index in [0.717, 1.165) is 37.1 Å². The number of amides is 1. The molecule has 2 atom stereocenters. The number of nitrogens with zero attached hydrogens (tertiary/aromatic N) is 3. The summed E-state index contributed by atoms with van der Waals surface area (Å²) in [7, 11) is 3.55. The average Bonchev–Trinajstić information content (AvgIpc) is 2.52. The van der Waals surface area contributed by atoms with Crippen molar-refractivity contribution < 1.29 is 9.72 Å². The second kappa shape index (κ2) is 5.59. The summed E-state index contributed by atoms with van der Waals surface area (Å²) in [6.07, 6.45) is 3.85. The molecule has 22 heavy (non-hydrogen) atoms. The van der Waals surface area contributed by atoms with Crippen molar-refractivity contribution in [1.29, 1.82) is 0 Å². The number of carbonyl (C=O) groups excluding carboxylic acids is 1. The molecule has 0 spiro atoms. The summed E-state index contributed by atoms with van der Waals surface area (Å²) < 4.78 is 0. The fraction of sp³-hybridized carbons (Fsp3) is 0.562. The average molecular weight is 303 g/mol. The van der Waals surface area contributed by atoms with Gasteiger partial charge in [-0.1, -0.05) is 0 Å². The minimum atomic E-state index is -0.370. The number of non-ortho nitro benzene ring substituents is 1. The molecule has 2 aliphatic rings. The van der Waals surface area contributed by atoms with Gasteiger partial charge >= 0.3 is 0 Å². The van der Waals surface area contributed by atoms with E-state index in [1.807, 2.05) is 6.07 Å². The van der Waals surface area contributed by atoms with Gasteiger partial charge in [-0.3, -0.25) is 14.9 Å². The van der Waals surface area contributed by atoms with Crippen LogP contribution in [0.3, 0.4) is 0 Å². The van der Waals surface area contributed by atoms with Gasteiger partial charge in [0.1, 0.15) is 0 Å². The van der Waals surface area contributed by atoms with Crippen LogP contribution in [0, 0.1) is 16.0 Å². The van der Waals surface area contributed by atoms with Crippen molar-refractivity contribution in [1.82, 2.24) is 4.90 Å². The molecule has 0 aliphatic carbocycles. The van der Waals surface area contributed by atoms with Crippen molar-refractivity contribution in [2.75, 3.05) is 25.5 Å². The maximum absolute atomic E-state index is 12.5. The molecule has 2 aliphatic heterocycles. The van der Waals surface area contributed by atoms with E-state index >= 15 is 0 Å². The Balaban J connectivity index is 2.02. The third-order valence-electron chi connectivity index (χ3n) is 4.79. The predicted octanol–water partition coefficient (Wildman–Crippen LogP) is 2.21. The summed E-state index contributed by atoms with van der Waals surface area (Å²) in [5.41, 5.74) is 2.09. The molecule has 0 saturated carbocycles. The number of piperidine rings is 1. The van der Waals surface area contributed by atoms with E-state index in [9.17, 15) is 14.9 Å². The van der Waals surface area contributed by atoms with Crippen LogP contribution in [0.1, 0.15) is 24.8 Å². The van der Waals surface area contributed by atoms with E-state index in [4.69, 9.17) is 0 Å². The largest absolute Gasteiger partial charge is 0.368 e. The molecule has 118 valence electrons. The van der Waals surface area contributed by atoms with Crippen molar-refractivity contribution in [3.8, 4) is 0 Å². The van der Waals surface area contributed by atoms with Crippen molar-refractivity contribution in [2.45, 2.75) is 31.7 Å². The van der Waals surface area contributed by atoms with E-state index in [1.165, 1.54) is 0 Å². The lowest BCUT2D eigenvalue weighted by molar-refractivity contribution is -0.384. The number of benzene rings is 1. The number of nitro groups is 1. The first-order chi connectivity index (χ1) is 10.5. The molecule has 6 heteroatoms. The van der Waals surface area contributed by atoms with E-state index in [-0.39, 0.29) is 28.5 Å². The molecule has 0 N–H and O–H groups in total.